The molecule has 0 fully saturated rings. The number of unbranched alkanes of at least 4 members (excludes halogenated alkanes) is 4. The second-order valence-corrected chi connectivity index (χ2v) is 5.93. The number of ether oxygens (including phenoxy) is 1. The van der Waals surface area contributed by atoms with Gasteiger partial charge in [0.05, 0.1) is 24.2 Å². The fourth-order valence-corrected chi connectivity index (χ4v) is 2.45. The maximum Gasteiger partial charge on any atom is 0.119 e. The molecule has 0 unspecified atom stereocenters. The summed E-state index contributed by atoms with van der Waals surface area (Å²) in [5.74, 6) is 0.925. The van der Waals surface area contributed by atoms with E-state index in [0.717, 1.165) is 42.1 Å². The van der Waals surface area contributed by atoms with Gasteiger partial charge in [-0.3, -0.25) is 9.97 Å². The Morgan fingerprint density at radius 2 is 1.57 bits per heavy atom. The molecular weight excluding hydrogens is 284 g/mol. The second-order valence-electron chi connectivity index (χ2n) is 5.93. The number of rotatable bonds is 10. The van der Waals surface area contributed by atoms with Gasteiger partial charge in [-0.15, -0.1) is 0 Å². The predicted molar refractivity (Wildman–Crippen MR) is 95.7 cm³/mol. The molecule has 0 spiro atoms. The van der Waals surface area contributed by atoms with Crippen LogP contribution in [0.3, 0.4) is 0 Å². The molecule has 0 aliphatic rings. The van der Waals surface area contributed by atoms with Gasteiger partial charge in [0, 0.05) is 11.8 Å². The van der Waals surface area contributed by atoms with E-state index in [1.807, 2.05) is 24.5 Å². The summed E-state index contributed by atoms with van der Waals surface area (Å²) in [5, 5.41) is 0. The van der Waals surface area contributed by atoms with E-state index < -0.39 is 0 Å². The standard InChI is InChI=1S/C20H28N2O/c1-3-5-7-9-18-15-22-20(16-21-18)17-10-12-19(13-11-17)23-14-8-6-4-2/h10-13,15-16H,3-9,14H2,1-2H3. The van der Waals surface area contributed by atoms with Gasteiger partial charge in [-0.25, -0.2) is 0 Å². The van der Waals surface area contributed by atoms with E-state index in [1.165, 1.54) is 32.1 Å². The Hall–Kier alpha value is -1.90. The van der Waals surface area contributed by atoms with Crippen LogP contribution in [0.25, 0.3) is 11.3 Å². The molecule has 0 aliphatic carbocycles. The van der Waals surface area contributed by atoms with E-state index in [0.29, 0.717) is 0 Å². The fraction of sp³-hybridized carbons (Fsp3) is 0.500. The molecule has 1 heterocycles. The van der Waals surface area contributed by atoms with Gasteiger partial charge in [0.1, 0.15) is 5.75 Å². The van der Waals surface area contributed by atoms with E-state index in [9.17, 15) is 0 Å². The summed E-state index contributed by atoms with van der Waals surface area (Å²) < 4.78 is 5.74. The summed E-state index contributed by atoms with van der Waals surface area (Å²) in [4.78, 5) is 9.07. The molecule has 0 saturated carbocycles. The molecular formula is C20H28N2O. The van der Waals surface area contributed by atoms with Crippen molar-refractivity contribution in [3.63, 3.8) is 0 Å². The van der Waals surface area contributed by atoms with Crippen molar-refractivity contribution >= 4 is 0 Å². The topological polar surface area (TPSA) is 35.0 Å². The maximum absolute atomic E-state index is 5.74. The van der Waals surface area contributed by atoms with Crippen molar-refractivity contribution in [2.75, 3.05) is 6.61 Å². The largest absolute Gasteiger partial charge is 0.494 e. The molecule has 23 heavy (non-hydrogen) atoms. The zero-order valence-electron chi connectivity index (χ0n) is 14.4. The third kappa shape index (κ3) is 6.01. The lowest BCUT2D eigenvalue weighted by Crippen LogP contribution is -1.97. The molecule has 0 aliphatic heterocycles. The second kappa shape index (κ2) is 9.98. The summed E-state index contributed by atoms with van der Waals surface area (Å²) in [6.45, 7) is 5.20. The summed E-state index contributed by atoms with van der Waals surface area (Å²) >= 11 is 0. The Bertz CT molecular complexity index is 549. The van der Waals surface area contributed by atoms with Crippen LogP contribution in [0.15, 0.2) is 36.7 Å². The van der Waals surface area contributed by atoms with Crippen molar-refractivity contribution < 1.29 is 4.74 Å². The normalized spacial score (nSPS) is 10.7. The molecule has 124 valence electrons. The van der Waals surface area contributed by atoms with Crippen molar-refractivity contribution in [2.45, 2.75) is 58.8 Å². The van der Waals surface area contributed by atoms with Crippen LogP contribution in [0.5, 0.6) is 5.75 Å². The fourth-order valence-electron chi connectivity index (χ4n) is 2.45. The van der Waals surface area contributed by atoms with Crippen LogP contribution in [0.1, 0.15) is 58.1 Å². The van der Waals surface area contributed by atoms with Crippen molar-refractivity contribution in [1.82, 2.24) is 9.97 Å². The highest BCUT2D eigenvalue weighted by Gasteiger charge is 2.02. The quantitative estimate of drug-likeness (QED) is 0.547. The lowest BCUT2D eigenvalue weighted by Gasteiger charge is -2.07. The predicted octanol–water partition coefficient (Wildman–Crippen LogP) is 5.45. The smallest absolute Gasteiger partial charge is 0.119 e. The van der Waals surface area contributed by atoms with Gasteiger partial charge in [0.15, 0.2) is 0 Å². The first kappa shape index (κ1) is 17.5. The van der Waals surface area contributed by atoms with Gasteiger partial charge in [-0.1, -0.05) is 39.5 Å². The van der Waals surface area contributed by atoms with Crippen molar-refractivity contribution in [1.29, 1.82) is 0 Å². The Balaban J connectivity index is 1.88. The third-order valence-electron chi connectivity index (χ3n) is 3.91. The van der Waals surface area contributed by atoms with E-state index in [2.05, 4.69) is 35.9 Å². The number of benzene rings is 1. The van der Waals surface area contributed by atoms with Gasteiger partial charge in [0.25, 0.3) is 0 Å². The van der Waals surface area contributed by atoms with E-state index in [-0.39, 0.29) is 0 Å². The summed E-state index contributed by atoms with van der Waals surface area (Å²) in [7, 11) is 0. The lowest BCUT2D eigenvalue weighted by atomic mass is 10.1. The minimum absolute atomic E-state index is 0.791. The van der Waals surface area contributed by atoms with Gasteiger partial charge >= 0.3 is 0 Å². The number of aryl methyl sites for hydroxylation is 1. The monoisotopic (exact) mass is 312 g/mol. The molecule has 3 heteroatoms. The highest BCUT2D eigenvalue weighted by Crippen LogP contribution is 2.20. The average Bonchev–Trinajstić information content (AvgIpc) is 2.60. The van der Waals surface area contributed by atoms with Crippen LogP contribution in [0.4, 0.5) is 0 Å². The molecule has 2 aromatic rings. The third-order valence-corrected chi connectivity index (χ3v) is 3.91. The molecule has 3 nitrogen and oxygen atoms in total. The molecule has 1 aromatic heterocycles. The lowest BCUT2D eigenvalue weighted by molar-refractivity contribution is 0.306. The van der Waals surface area contributed by atoms with Crippen molar-refractivity contribution in [2.24, 2.45) is 0 Å². The molecule has 0 atom stereocenters. The zero-order valence-corrected chi connectivity index (χ0v) is 14.4. The molecule has 0 bridgehead atoms. The van der Waals surface area contributed by atoms with E-state index in [1.54, 1.807) is 0 Å². The highest BCUT2D eigenvalue weighted by atomic mass is 16.5. The number of nitrogens with zero attached hydrogens (tertiary/aromatic N) is 2. The van der Waals surface area contributed by atoms with Crippen LogP contribution in [-0.2, 0) is 6.42 Å². The summed E-state index contributed by atoms with van der Waals surface area (Å²) in [6.07, 6.45) is 12.0. The first-order valence-corrected chi connectivity index (χ1v) is 8.87. The Kier molecular flexibility index (Phi) is 7.58. The van der Waals surface area contributed by atoms with Crippen LogP contribution in [-0.4, -0.2) is 16.6 Å². The van der Waals surface area contributed by atoms with Gasteiger partial charge < -0.3 is 4.74 Å². The van der Waals surface area contributed by atoms with E-state index in [4.69, 9.17) is 4.74 Å². The Morgan fingerprint density at radius 1 is 0.826 bits per heavy atom. The van der Waals surface area contributed by atoms with Crippen molar-refractivity contribution in [3.05, 3.63) is 42.4 Å². The first-order valence-electron chi connectivity index (χ1n) is 8.87. The average molecular weight is 312 g/mol. The summed E-state index contributed by atoms with van der Waals surface area (Å²) in [6, 6.07) is 8.13. The molecule has 2 rings (SSSR count). The minimum atomic E-state index is 0.791. The molecule has 0 amide bonds. The van der Waals surface area contributed by atoms with Crippen LogP contribution < -0.4 is 4.74 Å². The van der Waals surface area contributed by atoms with Crippen LogP contribution >= 0.6 is 0 Å². The number of hydrogen-bond donors (Lipinski definition) is 0. The molecule has 0 saturated heterocycles. The van der Waals surface area contributed by atoms with Gasteiger partial charge in [-0.2, -0.15) is 0 Å². The van der Waals surface area contributed by atoms with Crippen LogP contribution in [0, 0.1) is 0 Å². The number of aromatic nitrogens is 2. The molecule has 0 N–H and O–H groups in total. The minimum Gasteiger partial charge on any atom is -0.494 e. The molecule has 0 radical (unpaired) electrons. The Morgan fingerprint density at radius 3 is 2.22 bits per heavy atom. The maximum atomic E-state index is 5.74. The van der Waals surface area contributed by atoms with Gasteiger partial charge in [-0.05, 0) is 43.5 Å². The first-order chi connectivity index (χ1) is 11.3. The van der Waals surface area contributed by atoms with Gasteiger partial charge in [0.2, 0.25) is 0 Å². The molecule has 1 aromatic carbocycles. The highest BCUT2D eigenvalue weighted by molar-refractivity contribution is 5.58. The van der Waals surface area contributed by atoms with Crippen LogP contribution in [0.2, 0.25) is 0 Å². The number of hydrogen-bond acceptors (Lipinski definition) is 3. The SMILES string of the molecule is CCCCCOc1ccc(-c2cnc(CCCCC)cn2)cc1. The Labute approximate surface area is 140 Å². The van der Waals surface area contributed by atoms with Crippen molar-refractivity contribution in [3.8, 4) is 17.0 Å². The van der Waals surface area contributed by atoms with E-state index >= 15 is 0 Å². The summed E-state index contributed by atoms with van der Waals surface area (Å²) in [5.41, 5.74) is 3.08. The zero-order chi connectivity index (χ0) is 16.3.